The van der Waals surface area contributed by atoms with Crippen molar-refractivity contribution in [1.29, 1.82) is 0 Å². The third kappa shape index (κ3) is 4.75. The van der Waals surface area contributed by atoms with Gasteiger partial charge in [0.2, 0.25) is 0 Å². The Balaban J connectivity index is 1.77. The molecule has 0 radical (unpaired) electrons. The molecule has 1 amide bonds. The summed E-state index contributed by atoms with van der Waals surface area (Å²) in [6, 6.07) is 13.1. The van der Waals surface area contributed by atoms with Crippen LogP contribution in [0.5, 0.6) is 11.5 Å². The normalized spacial score (nSPS) is 18.8. The highest BCUT2D eigenvalue weighted by atomic mass is 35.5. The Hall–Kier alpha value is -2.20. The van der Waals surface area contributed by atoms with Crippen LogP contribution in [-0.4, -0.2) is 17.6 Å². The molecule has 0 unspecified atom stereocenters. The number of hydrogen-bond acceptors (Lipinski definition) is 3. The van der Waals surface area contributed by atoms with Gasteiger partial charge < -0.3 is 14.8 Å². The van der Waals surface area contributed by atoms with Gasteiger partial charge in [0.15, 0.2) is 6.10 Å². The summed E-state index contributed by atoms with van der Waals surface area (Å²) in [6.45, 7) is 8.04. The molecule has 4 nitrogen and oxygen atoms in total. The molecule has 1 aliphatic rings. The molecule has 5 heteroatoms. The van der Waals surface area contributed by atoms with Crippen LogP contribution in [0.4, 0.5) is 0 Å². The topological polar surface area (TPSA) is 47.6 Å². The number of carbonyl (C=O) groups excluding carboxylic acids is 1. The van der Waals surface area contributed by atoms with Gasteiger partial charge in [-0.25, -0.2) is 0 Å². The number of rotatable bonds is 5. The Labute approximate surface area is 165 Å². The van der Waals surface area contributed by atoms with E-state index in [9.17, 15) is 4.79 Å². The largest absolute Gasteiger partial charge is 0.487 e. The molecule has 0 aliphatic carbocycles. The lowest BCUT2D eigenvalue weighted by molar-refractivity contribution is -0.129. The van der Waals surface area contributed by atoms with E-state index in [4.69, 9.17) is 21.1 Å². The highest BCUT2D eigenvalue weighted by molar-refractivity contribution is 6.30. The lowest BCUT2D eigenvalue weighted by Gasteiger charge is -2.38. The maximum atomic E-state index is 12.9. The number of ether oxygens (including phenoxy) is 2. The molecule has 2 aromatic rings. The first kappa shape index (κ1) is 19.6. The summed E-state index contributed by atoms with van der Waals surface area (Å²) >= 11 is 6.01. The minimum absolute atomic E-state index is 0.117. The second-order valence-electron chi connectivity index (χ2n) is 7.64. The van der Waals surface area contributed by atoms with Gasteiger partial charge in [0.05, 0.1) is 6.04 Å². The lowest BCUT2D eigenvalue weighted by Crippen LogP contribution is -2.45. The van der Waals surface area contributed by atoms with Gasteiger partial charge in [0.25, 0.3) is 5.91 Å². The number of aryl methyl sites for hydroxylation is 1. The zero-order valence-corrected chi connectivity index (χ0v) is 17.0. The highest BCUT2D eigenvalue weighted by Crippen LogP contribution is 2.40. The van der Waals surface area contributed by atoms with Crippen molar-refractivity contribution >= 4 is 17.5 Å². The van der Waals surface area contributed by atoms with Gasteiger partial charge in [0, 0.05) is 17.0 Å². The van der Waals surface area contributed by atoms with Crippen LogP contribution in [0.2, 0.25) is 5.02 Å². The summed E-state index contributed by atoms with van der Waals surface area (Å²) in [5.74, 6) is 1.29. The third-order valence-corrected chi connectivity index (χ3v) is 4.92. The molecule has 1 N–H and O–H groups in total. The van der Waals surface area contributed by atoms with E-state index in [1.165, 1.54) is 0 Å². The number of carbonyl (C=O) groups is 1. The predicted octanol–water partition coefficient (Wildman–Crippen LogP) is 5.22. The van der Waals surface area contributed by atoms with Crippen molar-refractivity contribution in [3.8, 4) is 11.5 Å². The Morgan fingerprint density at radius 3 is 2.81 bits per heavy atom. The van der Waals surface area contributed by atoms with Gasteiger partial charge in [0.1, 0.15) is 17.1 Å². The van der Waals surface area contributed by atoms with Crippen LogP contribution >= 0.6 is 11.6 Å². The van der Waals surface area contributed by atoms with Crippen LogP contribution in [0, 0.1) is 6.92 Å². The first-order valence-electron chi connectivity index (χ1n) is 9.29. The monoisotopic (exact) mass is 387 g/mol. The van der Waals surface area contributed by atoms with Crippen LogP contribution < -0.4 is 14.8 Å². The van der Waals surface area contributed by atoms with Crippen LogP contribution in [0.1, 0.15) is 50.8 Å². The SMILES string of the molecule is CC[C@@H](Oc1cccc(Cl)c1)C(=O)N[C@@H]1CC(C)(C)Oc2cc(C)ccc21. The summed E-state index contributed by atoms with van der Waals surface area (Å²) in [5, 5.41) is 3.74. The van der Waals surface area contributed by atoms with Crippen LogP contribution in [0.15, 0.2) is 42.5 Å². The number of hydrogen-bond donors (Lipinski definition) is 1. The number of amides is 1. The lowest BCUT2D eigenvalue weighted by atomic mass is 9.89. The van der Waals surface area contributed by atoms with Crippen molar-refractivity contribution < 1.29 is 14.3 Å². The molecule has 27 heavy (non-hydrogen) atoms. The smallest absolute Gasteiger partial charge is 0.261 e. The Morgan fingerprint density at radius 1 is 1.33 bits per heavy atom. The van der Waals surface area contributed by atoms with E-state index in [1.54, 1.807) is 18.2 Å². The van der Waals surface area contributed by atoms with E-state index in [0.717, 1.165) is 16.9 Å². The highest BCUT2D eigenvalue weighted by Gasteiger charge is 2.35. The summed E-state index contributed by atoms with van der Waals surface area (Å²) in [7, 11) is 0. The first-order valence-corrected chi connectivity index (χ1v) is 9.67. The van der Waals surface area contributed by atoms with Crippen molar-refractivity contribution in [2.24, 2.45) is 0 Å². The molecule has 3 rings (SSSR count). The molecule has 0 bridgehead atoms. The van der Waals surface area contributed by atoms with E-state index in [0.29, 0.717) is 23.6 Å². The van der Waals surface area contributed by atoms with Crippen molar-refractivity contribution in [3.05, 3.63) is 58.6 Å². The molecule has 144 valence electrons. The maximum Gasteiger partial charge on any atom is 0.261 e. The van der Waals surface area contributed by atoms with Crippen molar-refractivity contribution in [1.82, 2.24) is 5.32 Å². The van der Waals surface area contributed by atoms with Crippen LogP contribution in [0.3, 0.4) is 0 Å². The van der Waals surface area contributed by atoms with Gasteiger partial charge >= 0.3 is 0 Å². The third-order valence-electron chi connectivity index (χ3n) is 4.68. The van der Waals surface area contributed by atoms with Gasteiger partial charge in [-0.15, -0.1) is 0 Å². The predicted molar refractivity (Wildman–Crippen MR) is 108 cm³/mol. The standard InChI is InChI=1S/C22H26ClNO3/c1-5-19(26-16-8-6-7-15(23)12-16)21(25)24-18-13-22(3,4)27-20-11-14(2)9-10-17(18)20/h6-12,18-19H,5,13H2,1-4H3,(H,24,25)/t18-,19-/m1/s1. The molecule has 0 spiro atoms. The summed E-state index contributed by atoms with van der Waals surface area (Å²) in [5.41, 5.74) is 1.78. The fraction of sp³-hybridized carbons (Fsp3) is 0.409. The molecule has 0 fully saturated rings. The molecular formula is C22H26ClNO3. The molecule has 1 aliphatic heterocycles. The van der Waals surface area contributed by atoms with E-state index in [-0.39, 0.29) is 17.6 Å². The molecule has 0 aromatic heterocycles. The summed E-state index contributed by atoms with van der Waals surface area (Å²) in [4.78, 5) is 12.9. The molecule has 2 aromatic carbocycles. The minimum Gasteiger partial charge on any atom is -0.487 e. The van der Waals surface area contributed by atoms with Gasteiger partial charge in [-0.2, -0.15) is 0 Å². The van der Waals surface area contributed by atoms with Gasteiger partial charge in [-0.1, -0.05) is 36.7 Å². The number of fused-ring (bicyclic) bond motifs is 1. The summed E-state index contributed by atoms with van der Waals surface area (Å²) in [6.07, 6.45) is 0.678. The molecule has 0 saturated heterocycles. The second-order valence-corrected chi connectivity index (χ2v) is 8.08. The van der Waals surface area contributed by atoms with Gasteiger partial charge in [-0.3, -0.25) is 4.79 Å². The minimum atomic E-state index is -0.580. The van der Waals surface area contributed by atoms with E-state index < -0.39 is 6.10 Å². The Kier molecular flexibility index (Phi) is 5.66. The van der Waals surface area contributed by atoms with E-state index in [1.807, 2.05) is 52.0 Å². The number of halogens is 1. The van der Waals surface area contributed by atoms with Crippen molar-refractivity contribution in [2.75, 3.05) is 0 Å². The average molecular weight is 388 g/mol. The van der Waals surface area contributed by atoms with Gasteiger partial charge in [-0.05, 0) is 57.0 Å². The quantitative estimate of drug-likeness (QED) is 0.764. The molecule has 2 atom stereocenters. The molecule has 0 saturated carbocycles. The molecule has 1 heterocycles. The maximum absolute atomic E-state index is 12.9. The zero-order chi connectivity index (χ0) is 19.6. The number of benzene rings is 2. The zero-order valence-electron chi connectivity index (χ0n) is 16.2. The Bertz CT molecular complexity index is 834. The van der Waals surface area contributed by atoms with Crippen molar-refractivity contribution in [3.63, 3.8) is 0 Å². The molecular weight excluding hydrogens is 362 g/mol. The summed E-state index contributed by atoms with van der Waals surface area (Å²) < 4.78 is 12.0. The van der Waals surface area contributed by atoms with Crippen molar-refractivity contribution in [2.45, 2.75) is 58.3 Å². The van der Waals surface area contributed by atoms with Crippen LogP contribution in [-0.2, 0) is 4.79 Å². The van der Waals surface area contributed by atoms with E-state index >= 15 is 0 Å². The fourth-order valence-electron chi connectivity index (χ4n) is 3.38. The Morgan fingerprint density at radius 2 is 2.11 bits per heavy atom. The first-order chi connectivity index (χ1) is 12.8. The second kappa shape index (κ2) is 7.81. The number of nitrogens with one attached hydrogen (secondary N) is 1. The van der Waals surface area contributed by atoms with E-state index in [2.05, 4.69) is 5.32 Å². The fourth-order valence-corrected chi connectivity index (χ4v) is 3.56. The average Bonchev–Trinajstić information content (AvgIpc) is 2.58. The van der Waals surface area contributed by atoms with Crippen LogP contribution in [0.25, 0.3) is 0 Å².